The van der Waals surface area contributed by atoms with Crippen LogP contribution in [0.15, 0.2) is 22.9 Å². The fourth-order valence-electron chi connectivity index (χ4n) is 1.77. The van der Waals surface area contributed by atoms with Gasteiger partial charge in [0, 0.05) is 25.5 Å². The van der Waals surface area contributed by atoms with Crippen molar-refractivity contribution in [3.63, 3.8) is 0 Å². The Labute approximate surface area is 119 Å². The van der Waals surface area contributed by atoms with Crippen LogP contribution in [0.25, 0.3) is 5.65 Å². The molecule has 0 aliphatic heterocycles. The van der Waals surface area contributed by atoms with Gasteiger partial charge in [-0.25, -0.2) is 14.3 Å². The van der Waals surface area contributed by atoms with E-state index in [-0.39, 0.29) is 0 Å². The summed E-state index contributed by atoms with van der Waals surface area (Å²) < 4.78 is 2.59. The standard InChI is InChI=1S/C12H15BrN4O2/c1-16(12(18)19)6-3-2-4-9-5-7-17-11(15-9)10(13)8-14-17/h5,7-8H,2-4,6H2,1H3,(H,18,19). The van der Waals surface area contributed by atoms with Gasteiger partial charge in [-0.1, -0.05) is 0 Å². The third-order valence-corrected chi connectivity index (χ3v) is 3.45. The summed E-state index contributed by atoms with van der Waals surface area (Å²) in [5.41, 5.74) is 1.80. The molecule has 0 fully saturated rings. The van der Waals surface area contributed by atoms with Crippen molar-refractivity contribution in [2.24, 2.45) is 0 Å². The summed E-state index contributed by atoms with van der Waals surface area (Å²) >= 11 is 3.40. The van der Waals surface area contributed by atoms with E-state index >= 15 is 0 Å². The minimum atomic E-state index is -0.886. The number of carbonyl (C=O) groups is 1. The molecule has 0 atom stereocenters. The number of unbranched alkanes of at least 4 members (excludes halogenated alkanes) is 1. The number of rotatable bonds is 5. The van der Waals surface area contributed by atoms with E-state index in [2.05, 4.69) is 26.0 Å². The van der Waals surface area contributed by atoms with Crippen LogP contribution in [0.5, 0.6) is 0 Å². The molecule has 1 amide bonds. The quantitative estimate of drug-likeness (QED) is 0.856. The molecule has 19 heavy (non-hydrogen) atoms. The van der Waals surface area contributed by atoms with E-state index in [0.29, 0.717) is 6.54 Å². The third kappa shape index (κ3) is 3.44. The van der Waals surface area contributed by atoms with Crippen LogP contribution in [0.4, 0.5) is 4.79 Å². The van der Waals surface area contributed by atoms with Gasteiger partial charge in [0.2, 0.25) is 0 Å². The SMILES string of the molecule is CN(CCCCc1ccn2ncc(Br)c2n1)C(=O)O. The average Bonchev–Trinajstić information content (AvgIpc) is 2.76. The van der Waals surface area contributed by atoms with Gasteiger partial charge in [0.15, 0.2) is 5.65 Å². The number of hydrogen-bond acceptors (Lipinski definition) is 3. The normalized spacial score (nSPS) is 10.8. The summed E-state index contributed by atoms with van der Waals surface area (Å²) in [6, 6.07) is 1.94. The van der Waals surface area contributed by atoms with Crippen LogP contribution in [0.3, 0.4) is 0 Å². The van der Waals surface area contributed by atoms with Crippen molar-refractivity contribution in [2.45, 2.75) is 19.3 Å². The molecule has 0 saturated heterocycles. The van der Waals surface area contributed by atoms with E-state index < -0.39 is 6.09 Å². The summed E-state index contributed by atoms with van der Waals surface area (Å²) in [6.45, 7) is 0.550. The van der Waals surface area contributed by atoms with Crippen molar-refractivity contribution in [3.05, 3.63) is 28.6 Å². The predicted molar refractivity (Wildman–Crippen MR) is 74.3 cm³/mol. The molecule has 2 rings (SSSR count). The first-order valence-electron chi connectivity index (χ1n) is 6.01. The lowest BCUT2D eigenvalue weighted by Gasteiger charge is -2.11. The van der Waals surface area contributed by atoms with Crippen LogP contribution < -0.4 is 0 Å². The summed E-state index contributed by atoms with van der Waals surface area (Å²) in [5, 5.41) is 12.9. The number of amides is 1. The number of carboxylic acid groups (broad SMARTS) is 1. The second-order valence-corrected chi connectivity index (χ2v) is 5.20. The molecule has 0 aliphatic rings. The van der Waals surface area contributed by atoms with Crippen LogP contribution >= 0.6 is 15.9 Å². The van der Waals surface area contributed by atoms with Crippen LogP contribution in [0.1, 0.15) is 18.5 Å². The van der Waals surface area contributed by atoms with Gasteiger partial charge in [0.1, 0.15) is 0 Å². The molecule has 0 unspecified atom stereocenters. The number of nitrogens with zero attached hydrogens (tertiary/aromatic N) is 4. The smallest absolute Gasteiger partial charge is 0.407 e. The Morgan fingerprint density at radius 3 is 3.05 bits per heavy atom. The van der Waals surface area contributed by atoms with Crippen LogP contribution in [0, 0.1) is 0 Å². The van der Waals surface area contributed by atoms with Crippen molar-refractivity contribution >= 4 is 27.7 Å². The monoisotopic (exact) mass is 326 g/mol. The molecule has 7 heteroatoms. The summed E-state index contributed by atoms with van der Waals surface area (Å²) in [6.07, 6.45) is 5.28. The minimum absolute atomic E-state index is 0.550. The first kappa shape index (κ1) is 13.8. The van der Waals surface area contributed by atoms with Gasteiger partial charge in [-0.05, 0) is 41.3 Å². The molecule has 2 heterocycles. The van der Waals surface area contributed by atoms with Crippen LogP contribution in [-0.4, -0.2) is 44.3 Å². The van der Waals surface area contributed by atoms with Crippen molar-refractivity contribution < 1.29 is 9.90 Å². The summed E-state index contributed by atoms with van der Waals surface area (Å²) in [7, 11) is 1.58. The van der Waals surface area contributed by atoms with E-state index in [1.54, 1.807) is 17.8 Å². The Bertz CT molecular complexity index is 584. The Morgan fingerprint density at radius 1 is 1.53 bits per heavy atom. The van der Waals surface area contributed by atoms with Crippen LogP contribution in [0.2, 0.25) is 0 Å². The van der Waals surface area contributed by atoms with Gasteiger partial charge in [0.05, 0.1) is 10.7 Å². The van der Waals surface area contributed by atoms with Gasteiger partial charge in [-0.3, -0.25) is 0 Å². The molecular weight excluding hydrogens is 312 g/mol. The third-order valence-electron chi connectivity index (χ3n) is 2.89. The molecule has 0 spiro atoms. The van der Waals surface area contributed by atoms with E-state index in [4.69, 9.17) is 5.11 Å². The maximum atomic E-state index is 10.6. The topological polar surface area (TPSA) is 70.7 Å². The molecule has 6 nitrogen and oxygen atoms in total. The highest BCUT2D eigenvalue weighted by molar-refractivity contribution is 9.10. The van der Waals surface area contributed by atoms with Gasteiger partial charge >= 0.3 is 6.09 Å². The fourth-order valence-corrected chi connectivity index (χ4v) is 2.13. The second-order valence-electron chi connectivity index (χ2n) is 4.34. The average molecular weight is 327 g/mol. The van der Waals surface area contributed by atoms with Crippen molar-refractivity contribution in [2.75, 3.05) is 13.6 Å². The molecular formula is C12H15BrN4O2. The zero-order valence-electron chi connectivity index (χ0n) is 10.6. The largest absolute Gasteiger partial charge is 0.465 e. The summed E-state index contributed by atoms with van der Waals surface area (Å²) in [5.74, 6) is 0. The number of fused-ring (bicyclic) bond motifs is 1. The van der Waals surface area contributed by atoms with Crippen molar-refractivity contribution in [3.8, 4) is 0 Å². The maximum absolute atomic E-state index is 10.6. The Morgan fingerprint density at radius 2 is 2.32 bits per heavy atom. The van der Waals surface area contributed by atoms with Gasteiger partial charge < -0.3 is 10.0 Å². The first-order valence-corrected chi connectivity index (χ1v) is 6.80. The maximum Gasteiger partial charge on any atom is 0.407 e. The first-order chi connectivity index (χ1) is 9.08. The highest BCUT2D eigenvalue weighted by atomic mass is 79.9. The molecule has 0 aromatic carbocycles. The van der Waals surface area contributed by atoms with Gasteiger partial charge in [-0.2, -0.15) is 5.10 Å². The van der Waals surface area contributed by atoms with E-state index in [1.807, 2.05) is 12.3 Å². The highest BCUT2D eigenvalue weighted by Crippen LogP contribution is 2.15. The predicted octanol–water partition coefficient (Wildman–Crippen LogP) is 2.42. The molecule has 0 bridgehead atoms. The van der Waals surface area contributed by atoms with E-state index in [9.17, 15) is 4.79 Å². The zero-order valence-corrected chi connectivity index (χ0v) is 12.2. The lowest BCUT2D eigenvalue weighted by Crippen LogP contribution is -2.25. The minimum Gasteiger partial charge on any atom is -0.465 e. The lowest BCUT2D eigenvalue weighted by molar-refractivity contribution is 0.155. The van der Waals surface area contributed by atoms with Crippen LogP contribution in [-0.2, 0) is 6.42 Å². The number of hydrogen-bond donors (Lipinski definition) is 1. The second kappa shape index (κ2) is 6.01. The van der Waals surface area contributed by atoms with E-state index in [0.717, 1.165) is 35.1 Å². The molecule has 102 valence electrons. The fraction of sp³-hybridized carbons (Fsp3) is 0.417. The molecule has 0 aliphatic carbocycles. The molecule has 1 N–H and O–H groups in total. The Hall–Kier alpha value is -1.63. The van der Waals surface area contributed by atoms with Crippen molar-refractivity contribution in [1.82, 2.24) is 19.5 Å². The molecule has 0 radical (unpaired) electrons. The van der Waals surface area contributed by atoms with Gasteiger partial charge in [0.25, 0.3) is 0 Å². The lowest BCUT2D eigenvalue weighted by atomic mass is 10.2. The highest BCUT2D eigenvalue weighted by Gasteiger charge is 2.06. The molecule has 2 aromatic rings. The van der Waals surface area contributed by atoms with E-state index in [1.165, 1.54) is 4.90 Å². The van der Waals surface area contributed by atoms with Crippen molar-refractivity contribution in [1.29, 1.82) is 0 Å². The molecule has 2 aromatic heterocycles. The number of aryl methyl sites for hydroxylation is 1. The number of aromatic nitrogens is 3. The Balaban J connectivity index is 1.88. The zero-order chi connectivity index (χ0) is 13.8. The molecule has 0 saturated carbocycles. The summed E-state index contributed by atoms with van der Waals surface area (Å²) in [4.78, 5) is 16.4. The van der Waals surface area contributed by atoms with Gasteiger partial charge in [-0.15, -0.1) is 0 Å². The number of halogens is 1. The Kier molecular flexibility index (Phi) is 4.36.